The Kier molecular flexibility index (Phi) is 7.41. The highest BCUT2D eigenvalue weighted by atomic mass is 35.5. The van der Waals surface area contributed by atoms with Crippen molar-refractivity contribution in [3.05, 3.63) is 52.0 Å². The zero-order valence-electron chi connectivity index (χ0n) is 18.2. The Hall–Kier alpha value is -2.77. The summed E-state index contributed by atoms with van der Waals surface area (Å²) in [5.74, 6) is 0.739. The van der Waals surface area contributed by atoms with Crippen LogP contribution in [0.25, 0.3) is 0 Å². The molecule has 0 saturated carbocycles. The Labute approximate surface area is 187 Å². The number of fused-ring (bicyclic) bond motifs is 1. The number of anilines is 1. The molecular weight excluding hydrogens is 420 g/mol. The number of nitrogens with zero attached hydrogens (tertiary/aromatic N) is 1. The molecule has 8 heteroatoms. The number of halogens is 1. The third-order valence-electron chi connectivity index (χ3n) is 5.23. The van der Waals surface area contributed by atoms with Crippen LogP contribution in [-0.2, 0) is 20.7 Å². The van der Waals surface area contributed by atoms with Crippen molar-refractivity contribution in [1.82, 2.24) is 4.90 Å². The highest BCUT2D eigenvalue weighted by Crippen LogP contribution is 2.43. The molecule has 0 radical (unpaired) electrons. The van der Waals surface area contributed by atoms with Crippen LogP contribution < -0.4 is 14.8 Å². The lowest BCUT2D eigenvalue weighted by Crippen LogP contribution is -2.40. The average molecular weight is 447 g/mol. The molecule has 7 nitrogen and oxygen atoms in total. The molecule has 0 bridgehead atoms. The first-order valence-corrected chi connectivity index (χ1v) is 10.5. The minimum absolute atomic E-state index is 0.109. The van der Waals surface area contributed by atoms with Crippen LogP contribution in [0.2, 0.25) is 5.02 Å². The van der Waals surface area contributed by atoms with Crippen molar-refractivity contribution in [2.75, 3.05) is 39.2 Å². The molecule has 2 aromatic carbocycles. The molecule has 1 atom stereocenters. The van der Waals surface area contributed by atoms with Gasteiger partial charge in [0.2, 0.25) is 5.91 Å². The lowest BCUT2D eigenvalue weighted by atomic mass is 9.86. The van der Waals surface area contributed by atoms with Crippen molar-refractivity contribution in [3.8, 4) is 11.5 Å². The maximum Gasteiger partial charge on any atom is 0.320 e. The highest BCUT2D eigenvalue weighted by molar-refractivity contribution is 6.30. The molecule has 0 aromatic heterocycles. The number of hydrogen-bond acceptors (Lipinski definition) is 6. The van der Waals surface area contributed by atoms with Crippen LogP contribution in [0, 0.1) is 0 Å². The molecule has 2 aromatic rings. The van der Waals surface area contributed by atoms with E-state index in [-0.39, 0.29) is 24.5 Å². The quantitative estimate of drug-likeness (QED) is 0.651. The van der Waals surface area contributed by atoms with Crippen molar-refractivity contribution in [1.29, 1.82) is 0 Å². The van der Waals surface area contributed by atoms with Gasteiger partial charge in [0.15, 0.2) is 11.5 Å². The van der Waals surface area contributed by atoms with Gasteiger partial charge in [-0.3, -0.25) is 14.5 Å². The van der Waals surface area contributed by atoms with E-state index in [1.54, 1.807) is 33.3 Å². The molecule has 1 heterocycles. The van der Waals surface area contributed by atoms with Crippen LogP contribution in [0.1, 0.15) is 36.6 Å². The first-order chi connectivity index (χ1) is 14.9. The first-order valence-electron chi connectivity index (χ1n) is 10.1. The second kappa shape index (κ2) is 10.0. The predicted octanol–water partition coefficient (Wildman–Crippen LogP) is 3.83. The fourth-order valence-electron chi connectivity index (χ4n) is 3.97. The van der Waals surface area contributed by atoms with Crippen molar-refractivity contribution in [2.24, 2.45) is 0 Å². The molecule has 31 heavy (non-hydrogen) atoms. The van der Waals surface area contributed by atoms with E-state index in [1.165, 1.54) is 6.92 Å². The average Bonchev–Trinajstić information content (AvgIpc) is 2.73. The Morgan fingerprint density at radius 1 is 1.13 bits per heavy atom. The van der Waals surface area contributed by atoms with Gasteiger partial charge in [-0.2, -0.15) is 0 Å². The lowest BCUT2D eigenvalue weighted by molar-refractivity contribution is -0.145. The second-order valence-corrected chi connectivity index (χ2v) is 7.68. The zero-order chi connectivity index (χ0) is 22.5. The lowest BCUT2D eigenvalue weighted by Gasteiger charge is -2.38. The first kappa shape index (κ1) is 22.9. The smallest absolute Gasteiger partial charge is 0.320 e. The maximum absolute atomic E-state index is 12.3. The third kappa shape index (κ3) is 5.11. The number of ether oxygens (including phenoxy) is 3. The Morgan fingerprint density at radius 2 is 1.84 bits per heavy atom. The van der Waals surface area contributed by atoms with E-state index in [0.717, 1.165) is 23.1 Å². The van der Waals surface area contributed by atoms with Gasteiger partial charge in [0, 0.05) is 24.2 Å². The molecule has 1 amide bonds. The fraction of sp³-hybridized carbons (Fsp3) is 0.391. The molecule has 3 rings (SSSR count). The molecule has 166 valence electrons. The van der Waals surface area contributed by atoms with Crippen LogP contribution in [0.15, 0.2) is 30.3 Å². The van der Waals surface area contributed by atoms with Gasteiger partial charge >= 0.3 is 5.97 Å². The SMILES string of the molecule is CCOC(=O)CN1CCc2cc(OC)c(OC)cc2[C@H]1c1cc(Cl)ccc1NC(C)=O. The summed E-state index contributed by atoms with van der Waals surface area (Å²) >= 11 is 6.34. The van der Waals surface area contributed by atoms with Crippen LogP contribution in [-0.4, -0.2) is 50.7 Å². The molecule has 0 unspecified atom stereocenters. The number of hydrogen-bond donors (Lipinski definition) is 1. The summed E-state index contributed by atoms with van der Waals surface area (Å²) in [7, 11) is 3.18. The predicted molar refractivity (Wildman–Crippen MR) is 119 cm³/mol. The molecule has 1 aliphatic heterocycles. The maximum atomic E-state index is 12.3. The summed E-state index contributed by atoms with van der Waals surface area (Å²) in [6.07, 6.45) is 0.724. The van der Waals surface area contributed by atoms with Gasteiger partial charge in [0.1, 0.15) is 0 Å². The van der Waals surface area contributed by atoms with Crippen LogP contribution in [0.3, 0.4) is 0 Å². The van der Waals surface area contributed by atoms with Gasteiger partial charge in [-0.05, 0) is 60.4 Å². The summed E-state index contributed by atoms with van der Waals surface area (Å²) in [6.45, 7) is 4.28. The number of amides is 1. The fourth-order valence-corrected chi connectivity index (χ4v) is 4.15. The van der Waals surface area contributed by atoms with Gasteiger partial charge in [0.25, 0.3) is 0 Å². The number of methoxy groups -OCH3 is 2. The number of carbonyl (C=O) groups is 2. The van der Waals surface area contributed by atoms with E-state index in [4.69, 9.17) is 25.8 Å². The van der Waals surface area contributed by atoms with Crippen LogP contribution >= 0.6 is 11.6 Å². The topological polar surface area (TPSA) is 77.1 Å². The monoisotopic (exact) mass is 446 g/mol. The van der Waals surface area contributed by atoms with E-state index in [2.05, 4.69) is 5.32 Å². The molecule has 0 fully saturated rings. The summed E-state index contributed by atoms with van der Waals surface area (Å²) in [6, 6.07) is 8.87. The number of esters is 1. The summed E-state index contributed by atoms with van der Waals surface area (Å²) in [5, 5.41) is 3.42. The Balaban J connectivity index is 2.18. The Bertz CT molecular complexity index is 979. The third-order valence-corrected chi connectivity index (χ3v) is 5.46. The van der Waals surface area contributed by atoms with Gasteiger partial charge < -0.3 is 19.5 Å². The standard InChI is InChI=1S/C23H27ClN2O5/c1-5-31-22(28)13-26-9-8-15-10-20(29-3)21(30-4)12-17(15)23(26)18-11-16(24)6-7-19(18)25-14(2)27/h6-7,10-12,23H,5,8-9,13H2,1-4H3,(H,25,27)/t23-/m0/s1. The van der Waals surface area contributed by atoms with E-state index < -0.39 is 0 Å². The normalized spacial score (nSPS) is 15.7. The van der Waals surface area contributed by atoms with Crippen LogP contribution in [0.4, 0.5) is 5.69 Å². The molecule has 1 aliphatic rings. The summed E-state index contributed by atoms with van der Waals surface area (Å²) in [4.78, 5) is 26.2. The van der Waals surface area contributed by atoms with Gasteiger partial charge in [0.05, 0.1) is 33.4 Å². The van der Waals surface area contributed by atoms with Gasteiger partial charge in [-0.15, -0.1) is 0 Å². The van der Waals surface area contributed by atoms with E-state index in [1.807, 2.05) is 23.1 Å². The largest absolute Gasteiger partial charge is 0.493 e. The molecule has 0 aliphatic carbocycles. The number of benzene rings is 2. The van der Waals surface area contributed by atoms with Gasteiger partial charge in [-0.25, -0.2) is 0 Å². The zero-order valence-corrected chi connectivity index (χ0v) is 18.9. The van der Waals surface area contributed by atoms with Crippen molar-refractivity contribution >= 4 is 29.2 Å². The summed E-state index contributed by atoms with van der Waals surface area (Å²) < 4.78 is 16.2. The molecule has 1 N–H and O–H groups in total. The number of carbonyl (C=O) groups excluding carboxylic acids is 2. The van der Waals surface area contributed by atoms with E-state index >= 15 is 0 Å². The number of rotatable bonds is 7. The molecule has 0 saturated heterocycles. The van der Waals surface area contributed by atoms with Crippen molar-refractivity contribution < 1.29 is 23.8 Å². The summed E-state index contributed by atoms with van der Waals surface area (Å²) in [5.41, 5.74) is 3.47. The Morgan fingerprint density at radius 3 is 2.48 bits per heavy atom. The van der Waals surface area contributed by atoms with Crippen LogP contribution in [0.5, 0.6) is 11.5 Å². The van der Waals surface area contributed by atoms with Crippen molar-refractivity contribution in [2.45, 2.75) is 26.3 Å². The minimum Gasteiger partial charge on any atom is -0.493 e. The van der Waals surface area contributed by atoms with E-state index in [0.29, 0.717) is 35.4 Å². The van der Waals surface area contributed by atoms with E-state index in [9.17, 15) is 9.59 Å². The highest BCUT2D eigenvalue weighted by Gasteiger charge is 2.33. The second-order valence-electron chi connectivity index (χ2n) is 7.25. The molecular formula is C23H27ClN2O5. The minimum atomic E-state index is -0.339. The van der Waals surface area contributed by atoms with Crippen molar-refractivity contribution in [3.63, 3.8) is 0 Å². The van der Waals surface area contributed by atoms with Gasteiger partial charge in [-0.1, -0.05) is 11.6 Å². The molecule has 0 spiro atoms. The number of nitrogens with one attached hydrogen (secondary N) is 1.